The van der Waals surface area contributed by atoms with E-state index in [0.29, 0.717) is 24.8 Å². The van der Waals surface area contributed by atoms with E-state index in [9.17, 15) is 9.59 Å². The topological polar surface area (TPSA) is 77.3 Å². The zero-order valence-electron chi connectivity index (χ0n) is 15.7. The standard InChI is InChI=1S/C19H23ClN4O3/c1-12-6-8-23(9-7-12)17(25)11-27-19(26)18-15(20)4-5-16(21-18)24-14(3)10-13(2)22-24/h4-5,10,12H,6-9,11H2,1-3H3. The lowest BCUT2D eigenvalue weighted by atomic mass is 9.99. The summed E-state index contributed by atoms with van der Waals surface area (Å²) in [7, 11) is 0. The number of rotatable bonds is 4. The average molecular weight is 391 g/mol. The van der Waals surface area contributed by atoms with Gasteiger partial charge in [-0.15, -0.1) is 0 Å². The number of pyridine rings is 1. The molecule has 0 spiro atoms. The van der Waals surface area contributed by atoms with Gasteiger partial charge in [0.2, 0.25) is 0 Å². The van der Waals surface area contributed by atoms with Gasteiger partial charge in [-0.05, 0) is 50.8 Å². The minimum atomic E-state index is -0.720. The zero-order valence-corrected chi connectivity index (χ0v) is 16.5. The van der Waals surface area contributed by atoms with Crippen LogP contribution in [-0.2, 0) is 9.53 Å². The number of likely N-dealkylation sites (tertiary alicyclic amines) is 1. The molecule has 7 nitrogen and oxygen atoms in total. The first-order valence-corrected chi connectivity index (χ1v) is 9.38. The largest absolute Gasteiger partial charge is 0.451 e. The van der Waals surface area contributed by atoms with Gasteiger partial charge in [-0.2, -0.15) is 5.10 Å². The lowest BCUT2D eigenvalue weighted by molar-refractivity contribution is -0.135. The predicted octanol–water partition coefficient (Wildman–Crippen LogP) is 2.95. The van der Waals surface area contributed by atoms with Crippen LogP contribution in [0.15, 0.2) is 18.2 Å². The fraction of sp³-hybridized carbons (Fsp3) is 0.474. The number of carbonyl (C=O) groups is 2. The number of aromatic nitrogens is 3. The first-order chi connectivity index (χ1) is 12.8. The second-order valence-electron chi connectivity index (χ2n) is 6.98. The highest BCUT2D eigenvalue weighted by Crippen LogP contribution is 2.19. The van der Waals surface area contributed by atoms with E-state index in [1.54, 1.807) is 21.7 Å². The van der Waals surface area contributed by atoms with Crippen LogP contribution in [0.1, 0.15) is 41.6 Å². The molecule has 1 amide bonds. The Kier molecular flexibility index (Phi) is 5.79. The van der Waals surface area contributed by atoms with Crippen LogP contribution in [0.2, 0.25) is 5.02 Å². The number of esters is 1. The van der Waals surface area contributed by atoms with Gasteiger partial charge in [-0.3, -0.25) is 4.79 Å². The molecule has 0 atom stereocenters. The number of halogens is 1. The SMILES string of the molecule is Cc1cc(C)n(-c2ccc(Cl)c(C(=O)OCC(=O)N3CCC(C)CC3)n2)n1. The van der Waals surface area contributed by atoms with E-state index in [2.05, 4.69) is 17.0 Å². The monoisotopic (exact) mass is 390 g/mol. The highest BCUT2D eigenvalue weighted by atomic mass is 35.5. The second-order valence-corrected chi connectivity index (χ2v) is 7.39. The molecule has 8 heteroatoms. The van der Waals surface area contributed by atoms with Crippen molar-refractivity contribution in [1.82, 2.24) is 19.7 Å². The highest BCUT2D eigenvalue weighted by Gasteiger charge is 2.23. The van der Waals surface area contributed by atoms with Crippen LogP contribution in [0, 0.1) is 19.8 Å². The Hall–Kier alpha value is -2.41. The van der Waals surface area contributed by atoms with E-state index >= 15 is 0 Å². The lowest BCUT2D eigenvalue weighted by Crippen LogP contribution is -2.40. The zero-order chi connectivity index (χ0) is 19.6. The summed E-state index contributed by atoms with van der Waals surface area (Å²) < 4.78 is 6.80. The van der Waals surface area contributed by atoms with Crippen molar-refractivity contribution in [3.05, 3.63) is 40.3 Å². The van der Waals surface area contributed by atoms with Gasteiger partial charge in [-0.25, -0.2) is 14.5 Å². The minimum Gasteiger partial charge on any atom is -0.451 e. The van der Waals surface area contributed by atoms with E-state index in [1.165, 1.54) is 0 Å². The van der Waals surface area contributed by atoms with Crippen molar-refractivity contribution in [2.24, 2.45) is 5.92 Å². The van der Waals surface area contributed by atoms with Crippen LogP contribution in [0.25, 0.3) is 5.82 Å². The molecule has 0 aliphatic carbocycles. The van der Waals surface area contributed by atoms with Crippen molar-refractivity contribution >= 4 is 23.5 Å². The Labute approximate surface area is 163 Å². The summed E-state index contributed by atoms with van der Waals surface area (Å²) in [5, 5.41) is 4.52. The summed E-state index contributed by atoms with van der Waals surface area (Å²) in [5.74, 6) is 0.174. The average Bonchev–Trinajstić information content (AvgIpc) is 2.98. The molecule has 1 aliphatic rings. The maximum atomic E-state index is 12.4. The number of carbonyl (C=O) groups excluding carboxylic acids is 2. The normalized spacial score (nSPS) is 15.0. The molecule has 0 aromatic carbocycles. The van der Waals surface area contributed by atoms with Crippen molar-refractivity contribution < 1.29 is 14.3 Å². The van der Waals surface area contributed by atoms with Crippen LogP contribution < -0.4 is 0 Å². The Bertz CT molecular complexity index is 857. The Morgan fingerprint density at radius 2 is 1.96 bits per heavy atom. The first-order valence-electron chi connectivity index (χ1n) is 9.00. The maximum absolute atomic E-state index is 12.4. The van der Waals surface area contributed by atoms with Crippen molar-refractivity contribution in [2.45, 2.75) is 33.6 Å². The number of piperidine rings is 1. The molecule has 144 valence electrons. The summed E-state index contributed by atoms with van der Waals surface area (Å²) in [6, 6.07) is 5.16. The molecule has 2 aromatic heterocycles. The molecule has 0 unspecified atom stereocenters. The minimum absolute atomic E-state index is 0.0261. The molecule has 1 fully saturated rings. The van der Waals surface area contributed by atoms with E-state index < -0.39 is 5.97 Å². The summed E-state index contributed by atoms with van der Waals surface area (Å²) >= 11 is 6.12. The molecule has 1 saturated heterocycles. The summed E-state index contributed by atoms with van der Waals surface area (Å²) in [5.41, 5.74) is 1.70. The van der Waals surface area contributed by atoms with Crippen LogP contribution in [-0.4, -0.2) is 51.2 Å². The molecular formula is C19H23ClN4O3. The number of aryl methyl sites for hydroxylation is 2. The molecule has 3 rings (SSSR count). The fourth-order valence-electron chi connectivity index (χ4n) is 3.10. The maximum Gasteiger partial charge on any atom is 0.359 e. The van der Waals surface area contributed by atoms with Crippen molar-refractivity contribution in [1.29, 1.82) is 0 Å². The number of amides is 1. The van der Waals surface area contributed by atoms with E-state index in [0.717, 1.165) is 24.2 Å². The van der Waals surface area contributed by atoms with Gasteiger partial charge in [0, 0.05) is 18.8 Å². The third-order valence-corrected chi connectivity index (χ3v) is 5.02. The quantitative estimate of drug-likeness (QED) is 0.750. The van der Waals surface area contributed by atoms with Gasteiger partial charge in [-0.1, -0.05) is 18.5 Å². The van der Waals surface area contributed by atoms with Crippen molar-refractivity contribution in [2.75, 3.05) is 19.7 Å². The molecule has 0 N–H and O–H groups in total. The van der Waals surface area contributed by atoms with Gasteiger partial charge in [0.05, 0.1) is 10.7 Å². The predicted molar refractivity (Wildman–Crippen MR) is 101 cm³/mol. The second kappa shape index (κ2) is 8.08. The Morgan fingerprint density at radius 1 is 1.26 bits per heavy atom. The van der Waals surface area contributed by atoms with Gasteiger partial charge >= 0.3 is 5.97 Å². The number of ether oxygens (including phenoxy) is 1. The third-order valence-electron chi connectivity index (χ3n) is 4.71. The molecule has 2 aromatic rings. The molecular weight excluding hydrogens is 368 g/mol. The third kappa shape index (κ3) is 4.47. The molecule has 3 heterocycles. The fourth-order valence-corrected chi connectivity index (χ4v) is 3.28. The Morgan fingerprint density at radius 3 is 2.59 bits per heavy atom. The smallest absolute Gasteiger partial charge is 0.359 e. The Balaban J connectivity index is 1.68. The van der Waals surface area contributed by atoms with Gasteiger partial charge in [0.25, 0.3) is 5.91 Å². The lowest BCUT2D eigenvalue weighted by Gasteiger charge is -2.30. The number of hydrogen-bond donors (Lipinski definition) is 0. The first kappa shape index (κ1) is 19.4. The van der Waals surface area contributed by atoms with Crippen LogP contribution in [0.5, 0.6) is 0 Å². The van der Waals surface area contributed by atoms with Crippen molar-refractivity contribution in [3.8, 4) is 5.82 Å². The number of nitrogens with zero attached hydrogens (tertiary/aromatic N) is 4. The highest BCUT2D eigenvalue weighted by molar-refractivity contribution is 6.33. The number of hydrogen-bond acceptors (Lipinski definition) is 5. The summed E-state index contributed by atoms with van der Waals surface area (Å²) in [6.45, 7) is 7.03. The van der Waals surface area contributed by atoms with Crippen molar-refractivity contribution in [3.63, 3.8) is 0 Å². The molecule has 0 bridgehead atoms. The van der Waals surface area contributed by atoms with Crippen LogP contribution >= 0.6 is 11.6 Å². The van der Waals surface area contributed by atoms with E-state index in [1.807, 2.05) is 19.9 Å². The van der Waals surface area contributed by atoms with E-state index in [4.69, 9.17) is 16.3 Å². The van der Waals surface area contributed by atoms with Gasteiger partial charge in [0.1, 0.15) is 0 Å². The molecule has 0 radical (unpaired) electrons. The van der Waals surface area contributed by atoms with Gasteiger partial charge < -0.3 is 9.64 Å². The van der Waals surface area contributed by atoms with Gasteiger partial charge in [0.15, 0.2) is 18.1 Å². The van der Waals surface area contributed by atoms with E-state index in [-0.39, 0.29) is 23.2 Å². The summed E-state index contributed by atoms with van der Waals surface area (Å²) in [6.07, 6.45) is 1.94. The molecule has 27 heavy (non-hydrogen) atoms. The van der Waals surface area contributed by atoms with Crippen LogP contribution in [0.4, 0.5) is 0 Å². The molecule has 0 saturated carbocycles. The summed E-state index contributed by atoms with van der Waals surface area (Å²) in [4.78, 5) is 30.7. The molecule has 1 aliphatic heterocycles. The van der Waals surface area contributed by atoms with Crippen LogP contribution in [0.3, 0.4) is 0 Å².